The maximum absolute atomic E-state index is 13.3. The van der Waals surface area contributed by atoms with E-state index in [0.29, 0.717) is 11.6 Å². The highest BCUT2D eigenvalue weighted by molar-refractivity contribution is 6.35. The summed E-state index contributed by atoms with van der Waals surface area (Å²) in [6.45, 7) is 1.88. The molecule has 0 aliphatic heterocycles. The minimum absolute atomic E-state index is 0.0663. The van der Waals surface area contributed by atoms with E-state index in [2.05, 4.69) is 20.8 Å². The van der Waals surface area contributed by atoms with E-state index < -0.39 is 5.82 Å². The fourth-order valence-electron chi connectivity index (χ4n) is 1.33. The average molecular weight is 305 g/mol. The van der Waals surface area contributed by atoms with E-state index in [1.54, 1.807) is 7.05 Å². The molecule has 0 radical (unpaired) electrons. The highest BCUT2D eigenvalue weighted by Crippen LogP contribution is 2.29. The first kappa shape index (κ1) is 14.0. The molecular formula is C11H11Cl2FN4O. The summed E-state index contributed by atoms with van der Waals surface area (Å²) in [6.07, 6.45) is 0. The molecule has 0 saturated heterocycles. The van der Waals surface area contributed by atoms with E-state index in [9.17, 15) is 4.39 Å². The molecule has 2 N–H and O–H groups in total. The second-order valence-corrected chi connectivity index (χ2v) is 4.65. The molecule has 1 unspecified atom stereocenters. The Morgan fingerprint density at radius 3 is 2.47 bits per heavy atom. The summed E-state index contributed by atoms with van der Waals surface area (Å²) in [5, 5.41) is 13.3. The highest BCUT2D eigenvalue weighted by Gasteiger charge is 2.13. The number of halogens is 3. The SMILES string of the molecule is CNC(C)c1nnc(Nc2cc(Cl)c(F)c(Cl)c2)o1. The molecule has 2 aromatic rings. The van der Waals surface area contributed by atoms with E-state index in [4.69, 9.17) is 27.6 Å². The van der Waals surface area contributed by atoms with Crippen molar-refractivity contribution in [2.45, 2.75) is 13.0 Å². The van der Waals surface area contributed by atoms with Gasteiger partial charge in [0.05, 0.1) is 16.1 Å². The van der Waals surface area contributed by atoms with Crippen molar-refractivity contribution in [1.29, 1.82) is 0 Å². The van der Waals surface area contributed by atoms with E-state index in [1.807, 2.05) is 6.92 Å². The third-order valence-electron chi connectivity index (χ3n) is 2.48. The van der Waals surface area contributed by atoms with Gasteiger partial charge in [-0.05, 0) is 26.1 Å². The van der Waals surface area contributed by atoms with Crippen LogP contribution in [0.25, 0.3) is 0 Å². The molecule has 5 nitrogen and oxygen atoms in total. The van der Waals surface area contributed by atoms with Crippen molar-refractivity contribution in [1.82, 2.24) is 15.5 Å². The lowest BCUT2D eigenvalue weighted by atomic mass is 10.3. The average Bonchev–Trinajstić information content (AvgIpc) is 2.83. The molecule has 0 amide bonds. The van der Waals surface area contributed by atoms with Crippen LogP contribution >= 0.6 is 23.2 Å². The number of aromatic nitrogens is 2. The second kappa shape index (κ2) is 5.73. The zero-order valence-electron chi connectivity index (χ0n) is 10.2. The first-order chi connectivity index (χ1) is 9.01. The Morgan fingerprint density at radius 2 is 1.89 bits per heavy atom. The van der Waals surface area contributed by atoms with E-state index in [0.717, 1.165) is 0 Å². The Labute approximate surface area is 119 Å². The third kappa shape index (κ3) is 3.15. The molecular weight excluding hydrogens is 294 g/mol. The van der Waals surface area contributed by atoms with Crippen molar-refractivity contribution in [3.63, 3.8) is 0 Å². The molecule has 1 aromatic heterocycles. The van der Waals surface area contributed by atoms with Gasteiger partial charge in [0.1, 0.15) is 0 Å². The molecule has 0 spiro atoms. The molecule has 0 fully saturated rings. The van der Waals surface area contributed by atoms with E-state index >= 15 is 0 Å². The Balaban J connectivity index is 2.19. The Morgan fingerprint density at radius 1 is 1.26 bits per heavy atom. The topological polar surface area (TPSA) is 63.0 Å². The molecule has 1 aromatic carbocycles. The van der Waals surface area contributed by atoms with Gasteiger partial charge in [-0.15, -0.1) is 5.10 Å². The molecule has 19 heavy (non-hydrogen) atoms. The third-order valence-corrected chi connectivity index (χ3v) is 3.03. The first-order valence-electron chi connectivity index (χ1n) is 5.43. The predicted molar refractivity (Wildman–Crippen MR) is 71.5 cm³/mol. The summed E-state index contributed by atoms with van der Waals surface area (Å²) in [4.78, 5) is 0. The van der Waals surface area contributed by atoms with Crippen LogP contribution in [0.2, 0.25) is 10.0 Å². The summed E-state index contributed by atoms with van der Waals surface area (Å²) < 4.78 is 18.6. The van der Waals surface area contributed by atoms with Crippen LogP contribution in [-0.4, -0.2) is 17.2 Å². The van der Waals surface area contributed by atoms with Gasteiger partial charge < -0.3 is 15.1 Å². The van der Waals surface area contributed by atoms with Crippen molar-refractivity contribution >= 4 is 34.9 Å². The Bertz CT molecular complexity index is 567. The van der Waals surface area contributed by atoms with Crippen LogP contribution in [0, 0.1) is 5.82 Å². The fraction of sp³-hybridized carbons (Fsp3) is 0.273. The van der Waals surface area contributed by atoms with Crippen LogP contribution in [0.4, 0.5) is 16.1 Å². The summed E-state index contributed by atoms with van der Waals surface area (Å²) >= 11 is 11.4. The number of benzene rings is 1. The Kier molecular flexibility index (Phi) is 4.24. The lowest BCUT2D eigenvalue weighted by Crippen LogP contribution is -2.12. The van der Waals surface area contributed by atoms with Crippen LogP contribution in [0.5, 0.6) is 0 Å². The minimum Gasteiger partial charge on any atom is -0.406 e. The van der Waals surface area contributed by atoms with Gasteiger partial charge in [-0.3, -0.25) is 0 Å². The quantitative estimate of drug-likeness (QED) is 0.846. The number of hydrogen-bond acceptors (Lipinski definition) is 5. The van der Waals surface area contributed by atoms with Crippen molar-refractivity contribution in [3.8, 4) is 0 Å². The zero-order chi connectivity index (χ0) is 14.0. The predicted octanol–water partition coefficient (Wildman–Crippen LogP) is 3.54. The lowest BCUT2D eigenvalue weighted by Gasteiger charge is -2.05. The molecule has 0 aliphatic rings. The standard InChI is InChI=1S/C11H11Cl2FN4O/c1-5(15-2)10-17-18-11(19-10)16-6-3-7(12)9(14)8(13)4-6/h3-5,15H,1-2H3,(H,16,18). The van der Waals surface area contributed by atoms with Gasteiger partial charge in [0.2, 0.25) is 5.89 Å². The van der Waals surface area contributed by atoms with Crippen molar-refractivity contribution in [2.24, 2.45) is 0 Å². The smallest absolute Gasteiger partial charge is 0.320 e. The van der Waals surface area contributed by atoms with E-state index in [1.165, 1.54) is 12.1 Å². The van der Waals surface area contributed by atoms with Gasteiger partial charge in [0, 0.05) is 5.69 Å². The van der Waals surface area contributed by atoms with E-state index in [-0.39, 0.29) is 22.1 Å². The largest absolute Gasteiger partial charge is 0.406 e. The molecule has 1 heterocycles. The molecule has 102 valence electrons. The van der Waals surface area contributed by atoms with Gasteiger partial charge >= 0.3 is 6.01 Å². The van der Waals surface area contributed by atoms with Gasteiger partial charge in [-0.1, -0.05) is 28.3 Å². The van der Waals surface area contributed by atoms with Crippen LogP contribution in [0.1, 0.15) is 18.9 Å². The van der Waals surface area contributed by atoms with Crippen LogP contribution in [0.15, 0.2) is 16.5 Å². The monoisotopic (exact) mass is 304 g/mol. The zero-order valence-corrected chi connectivity index (χ0v) is 11.7. The van der Waals surface area contributed by atoms with Gasteiger partial charge in [-0.25, -0.2) is 4.39 Å². The lowest BCUT2D eigenvalue weighted by molar-refractivity contribution is 0.443. The van der Waals surface area contributed by atoms with Crippen molar-refractivity contribution in [3.05, 3.63) is 33.9 Å². The van der Waals surface area contributed by atoms with Crippen LogP contribution < -0.4 is 10.6 Å². The normalized spacial score (nSPS) is 12.5. The molecule has 8 heteroatoms. The first-order valence-corrected chi connectivity index (χ1v) is 6.19. The maximum Gasteiger partial charge on any atom is 0.320 e. The molecule has 2 rings (SSSR count). The summed E-state index contributed by atoms with van der Waals surface area (Å²) in [5.74, 6) is -0.229. The highest BCUT2D eigenvalue weighted by atomic mass is 35.5. The second-order valence-electron chi connectivity index (χ2n) is 3.83. The molecule has 0 saturated carbocycles. The van der Waals surface area contributed by atoms with Gasteiger partial charge in [0.25, 0.3) is 0 Å². The van der Waals surface area contributed by atoms with Crippen LogP contribution in [-0.2, 0) is 0 Å². The minimum atomic E-state index is -0.663. The van der Waals surface area contributed by atoms with Crippen molar-refractivity contribution < 1.29 is 8.81 Å². The van der Waals surface area contributed by atoms with Gasteiger partial charge in [-0.2, -0.15) is 0 Å². The number of hydrogen-bond donors (Lipinski definition) is 2. The van der Waals surface area contributed by atoms with Gasteiger partial charge in [0.15, 0.2) is 5.82 Å². The number of nitrogens with one attached hydrogen (secondary N) is 2. The summed E-state index contributed by atoms with van der Waals surface area (Å²) in [7, 11) is 1.78. The maximum atomic E-state index is 13.3. The van der Waals surface area contributed by atoms with Crippen LogP contribution in [0.3, 0.4) is 0 Å². The molecule has 0 bridgehead atoms. The molecule has 1 atom stereocenters. The summed E-state index contributed by atoms with van der Waals surface area (Å²) in [5.41, 5.74) is 0.462. The molecule has 0 aliphatic carbocycles. The number of rotatable bonds is 4. The fourth-order valence-corrected chi connectivity index (χ4v) is 1.82. The summed E-state index contributed by atoms with van der Waals surface area (Å²) in [6, 6.07) is 2.88. The van der Waals surface area contributed by atoms with Crippen molar-refractivity contribution in [2.75, 3.05) is 12.4 Å². The Hall–Kier alpha value is -1.37. The number of nitrogens with zero attached hydrogens (tertiary/aromatic N) is 2. The number of anilines is 2.